The van der Waals surface area contributed by atoms with Crippen molar-refractivity contribution in [3.8, 4) is 0 Å². The van der Waals surface area contributed by atoms with E-state index < -0.39 is 5.63 Å². The molecule has 0 bridgehead atoms. The highest BCUT2D eigenvalue weighted by molar-refractivity contribution is 6.06. The number of benzene rings is 2. The normalized spacial score (nSPS) is 10.7. The van der Waals surface area contributed by atoms with Gasteiger partial charge in [-0.15, -0.1) is 0 Å². The maximum atomic E-state index is 12.4. The van der Waals surface area contributed by atoms with E-state index >= 15 is 0 Å². The fraction of sp³-hybridized carbons (Fsp3) is 0.158. The number of nitrogens with one attached hydrogen (secondary N) is 1. The highest BCUT2D eigenvalue weighted by Crippen LogP contribution is 2.15. The second-order valence-electron chi connectivity index (χ2n) is 5.34. The minimum absolute atomic E-state index is 0.260. The fourth-order valence-electron chi connectivity index (χ4n) is 2.48. The van der Waals surface area contributed by atoms with Crippen LogP contribution in [0.5, 0.6) is 0 Å². The lowest BCUT2D eigenvalue weighted by atomic mass is 10.1. The number of carbonyl (C=O) groups excluding carboxylic acids is 1. The van der Waals surface area contributed by atoms with Crippen LogP contribution < -0.4 is 10.9 Å². The summed E-state index contributed by atoms with van der Waals surface area (Å²) in [5.74, 6) is -0.260. The lowest BCUT2D eigenvalue weighted by Gasteiger charge is -2.07. The van der Waals surface area contributed by atoms with Gasteiger partial charge < -0.3 is 9.73 Å². The van der Waals surface area contributed by atoms with Gasteiger partial charge in [-0.1, -0.05) is 49.4 Å². The van der Waals surface area contributed by atoms with E-state index in [2.05, 4.69) is 24.4 Å². The molecule has 23 heavy (non-hydrogen) atoms. The molecule has 0 atom stereocenters. The smallest absolute Gasteiger partial charge is 0.343 e. The highest BCUT2D eigenvalue weighted by Gasteiger charge is 2.12. The first-order valence-corrected chi connectivity index (χ1v) is 7.55. The molecule has 4 heteroatoms. The second-order valence-corrected chi connectivity index (χ2v) is 5.34. The Morgan fingerprint density at radius 2 is 1.65 bits per heavy atom. The number of hydrogen-bond donors (Lipinski definition) is 1. The summed E-state index contributed by atoms with van der Waals surface area (Å²) in [4.78, 5) is 24.1. The molecule has 116 valence electrons. The molecule has 3 aromatic rings. The van der Waals surface area contributed by atoms with Crippen LogP contribution in [0.3, 0.4) is 0 Å². The Bertz CT molecular complexity index is 894. The monoisotopic (exact) mass is 307 g/mol. The molecule has 0 saturated carbocycles. The van der Waals surface area contributed by atoms with Crippen molar-refractivity contribution in [3.05, 3.63) is 81.9 Å². The molecule has 0 aliphatic carbocycles. The van der Waals surface area contributed by atoms with Crippen LogP contribution in [0.25, 0.3) is 10.8 Å². The van der Waals surface area contributed by atoms with Crippen molar-refractivity contribution >= 4 is 16.7 Å². The minimum Gasteiger partial charge on any atom is -0.430 e. The fourth-order valence-corrected chi connectivity index (χ4v) is 2.48. The number of aryl methyl sites for hydroxylation is 1. The molecule has 0 saturated heterocycles. The lowest BCUT2D eigenvalue weighted by molar-refractivity contribution is 0.0950. The molecule has 0 aliphatic rings. The highest BCUT2D eigenvalue weighted by atomic mass is 16.4. The van der Waals surface area contributed by atoms with E-state index in [1.165, 1.54) is 11.8 Å². The molecule has 0 fully saturated rings. The van der Waals surface area contributed by atoms with Crippen LogP contribution in [0, 0.1) is 0 Å². The Balaban J connectivity index is 1.81. The molecule has 0 unspecified atom stereocenters. The summed E-state index contributed by atoms with van der Waals surface area (Å²) in [5, 5.41) is 3.87. The van der Waals surface area contributed by atoms with Crippen molar-refractivity contribution in [2.75, 3.05) is 0 Å². The number of fused-ring (bicyclic) bond motifs is 1. The Morgan fingerprint density at radius 1 is 1.00 bits per heavy atom. The van der Waals surface area contributed by atoms with Gasteiger partial charge in [0.2, 0.25) is 0 Å². The first kappa shape index (κ1) is 15.0. The zero-order valence-corrected chi connectivity index (χ0v) is 12.8. The summed E-state index contributed by atoms with van der Waals surface area (Å²) in [5.41, 5.74) is 2.21. The van der Waals surface area contributed by atoms with E-state index in [1.54, 1.807) is 24.3 Å². The largest absolute Gasteiger partial charge is 0.430 e. The van der Waals surface area contributed by atoms with Crippen molar-refractivity contribution in [3.63, 3.8) is 0 Å². The van der Waals surface area contributed by atoms with Crippen molar-refractivity contribution < 1.29 is 9.21 Å². The summed E-state index contributed by atoms with van der Waals surface area (Å²) >= 11 is 0. The van der Waals surface area contributed by atoms with Crippen LogP contribution in [0.1, 0.15) is 28.4 Å². The number of rotatable bonds is 4. The van der Waals surface area contributed by atoms with E-state index in [1.807, 2.05) is 12.1 Å². The molecular formula is C19H17NO3. The average Bonchev–Trinajstić information content (AvgIpc) is 2.60. The zero-order valence-electron chi connectivity index (χ0n) is 12.8. The molecule has 3 rings (SSSR count). The van der Waals surface area contributed by atoms with Crippen molar-refractivity contribution in [1.82, 2.24) is 5.32 Å². The molecule has 4 nitrogen and oxygen atoms in total. The van der Waals surface area contributed by atoms with Crippen molar-refractivity contribution in [2.24, 2.45) is 0 Å². The predicted molar refractivity (Wildman–Crippen MR) is 89.5 cm³/mol. The Hall–Kier alpha value is -2.88. The van der Waals surface area contributed by atoms with Crippen molar-refractivity contribution in [1.29, 1.82) is 0 Å². The minimum atomic E-state index is -0.438. The van der Waals surface area contributed by atoms with Gasteiger partial charge >= 0.3 is 5.63 Å². The van der Waals surface area contributed by atoms with Gasteiger partial charge in [0.25, 0.3) is 5.91 Å². The van der Waals surface area contributed by atoms with Gasteiger partial charge in [-0.25, -0.2) is 4.79 Å². The summed E-state index contributed by atoms with van der Waals surface area (Å²) in [7, 11) is 0. The third-order valence-electron chi connectivity index (χ3n) is 3.85. The summed E-state index contributed by atoms with van der Waals surface area (Å²) in [6.07, 6.45) is 2.21. The van der Waals surface area contributed by atoms with Gasteiger partial charge in [0.1, 0.15) is 6.26 Å². The standard InChI is InChI=1S/C19H17NO3/c1-2-13-7-9-14(10-8-13)11-20-18(21)17-12-23-19(22)16-6-4-3-5-15(16)17/h3-10,12H,2,11H2,1H3,(H,20,21). The third kappa shape index (κ3) is 3.16. The van der Waals surface area contributed by atoms with Crippen LogP contribution in [0.15, 0.2) is 64.0 Å². The molecule has 1 amide bonds. The third-order valence-corrected chi connectivity index (χ3v) is 3.85. The van der Waals surface area contributed by atoms with Crippen LogP contribution in [0.2, 0.25) is 0 Å². The summed E-state index contributed by atoms with van der Waals surface area (Å²) in [6.45, 7) is 2.53. The molecule has 0 spiro atoms. The molecular weight excluding hydrogens is 290 g/mol. The maximum Gasteiger partial charge on any atom is 0.343 e. The van der Waals surface area contributed by atoms with Gasteiger partial charge in [0.15, 0.2) is 0 Å². The van der Waals surface area contributed by atoms with E-state index in [0.717, 1.165) is 12.0 Å². The van der Waals surface area contributed by atoms with Crippen LogP contribution in [0.4, 0.5) is 0 Å². The van der Waals surface area contributed by atoms with Crippen molar-refractivity contribution in [2.45, 2.75) is 19.9 Å². The second kappa shape index (κ2) is 6.48. The van der Waals surface area contributed by atoms with Crippen LogP contribution >= 0.6 is 0 Å². The quantitative estimate of drug-likeness (QED) is 0.804. The van der Waals surface area contributed by atoms with Gasteiger partial charge in [-0.3, -0.25) is 4.79 Å². The van der Waals surface area contributed by atoms with Gasteiger partial charge in [0.05, 0.1) is 10.9 Å². The molecule has 0 radical (unpaired) electrons. The first-order valence-electron chi connectivity index (χ1n) is 7.55. The topological polar surface area (TPSA) is 59.3 Å². The summed E-state index contributed by atoms with van der Waals surface area (Å²) < 4.78 is 4.96. The molecule has 1 heterocycles. The first-order chi connectivity index (χ1) is 11.2. The number of carbonyl (C=O) groups is 1. The van der Waals surface area contributed by atoms with E-state index in [0.29, 0.717) is 22.9 Å². The maximum absolute atomic E-state index is 12.4. The molecule has 1 N–H and O–H groups in total. The van der Waals surface area contributed by atoms with Crippen LogP contribution in [-0.2, 0) is 13.0 Å². The van der Waals surface area contributed by atoms with E-state index in [-0.39, 0.29) is 5.91 Å². The van der Waals surface area contributed by atoms with Gasteiger partial charge in [0, 0.05) is 11.9 Å². The predicted octanol–water partition coefficient (Wildman–Crippen LogP) is 3.29. The molecule has 0 aliphatic heterocycles. The van der Waals surface area contributed by atoms with E-state index in [4.69, 9.17) is 4.42 Å². The SMILES string of the molecule is CCc1ccc(CNC(=O)c2coc(=O)c3ccccc23)cc1. The van der Waals surface area contributed by atoms with E-state index in [9.17, 15) is 9.59 Å². The lowest BCUT2D eigenvalue weighted by Crippen LogP contribution is -2.23. The Kier molecular flexibility index (Phi) is 4.24. The molecule has 1 aromatic heterocycles. The Morgan fingerprint density at radius 3 is 2.35 bits per heavy atom. The Labute approximate surface area is 133 Å². The molecule has 2 aromatic carbocycles. The number of amides is 1. The van der Waals surface area contributed by atoms with Crippen LogP contribution in [-0.4, -0.2) is 5.91 Å². The number of hydrogen-bond acceptors (Lipinski definition) is 3. The average molecular weight is 307 g/mol. The summed E-state index contributed by atoms with van der Waals surface area (Å²) in [6, 6.07) is 15.1. The zero-order chi connectivity index (χ0) is 16.2. The van der Waals surface area contributed by atoms with Gasteiger partial charge in [-0.2, -0.15) is 0 Å². The van der Waals surface area contributed by atoms with Gasteiger partial charge in [-0.05, 0) is 23.6 Å².